The molecule has 0 N–H and O–H groups in total. The van der Waals surface area contributed by atoms with Crippen molar-refractivity contribution in [2.75, 3.05) is 0 Å². The Kier molecular flexibility index (Phi) is 5.28. The largest absolute Gasteiger partial charge is 0.537 e. The lowest BCUT2D eigenvalue weighted by atomic mass is 10.1. The Bertz CT molecular complexity index is 820. The van der Waals surface area contributed by atoms with Gasteiger partial charge in [0.2, 0.25) is 0 Å². The molecule has 1 nitrogen and oxygen atoms in total. The van der Waals surface area contributed by atoms with Crippen molar-refractivity contribution in [2.24, 2.45) is 0 Å². The first-order valence-corrected chi connectivity index (χ1v) is 9.71. The van der Waals surface area contributed by atoms with E-state index in [1.165, 1.54) is 12.1 Å². The van der Waals surface area contributed by atoms with Gasteiger partial charge in [0.15, 0.2) is 0 Å². The van der Waals surface area contributed by atoms with Crippen LogP contribution in [0.15, 0.2) is 91.5 Å². The molecule has 0 saturated carbocycles. The smallest absolute Gasteiger partial charge is 0.416 e. The fraction of sp³-hybridized carbons (Fsp3) is 0.0476. The second-order valence-corrected chi connectivity index (χ2v) is 8.15. The molecule has 0 aromatic heterocycles. The van der Waals surface area contributed by atoms with Gasteiger partial charge in [-0.3, -0.25) is 0 Å². The highest BCUT2D eigenvalue weighted by molar-refractivity contribution is 6.80. The van der Waals surface area contributed by atoms with Gasteiger partial charge in [0.05, 0.1) is 5.56 Å². The quantitative estimate of drug-likeness (QED) is 0.482. The van der Waals surface area contributed by atoms with Crippen LogP contribution in [0.4, 0.5) is 13.2 Å². The van der Waals surface area contributed by atoms with Gasteiger partial charge in [0.1, 0.15) is 5.76 Å². The lowest BCUT2D eigenvalue weighted by molar-refractivity contribution is -0.137. The van der Waals surface area contributed by atoms with E-state index >= 15 is 0 Å². The average Bonchev–Trinajstić information content (AvgIpc) is 2.67. The summed E-state index contributed by atoms with van der Waals surface area (Å²) in [6, 6.07) is 24.6. The van der Waals surface area contributed by atoms with Gasteiger partial charge in [-0.05, 0) is 22.5 Å². The van der Waals surface area contributed by atoms with E-state index in [2.05, 4.69) is 6.58 Å². The monoisotopic (exact) mass is 370 g/mol. The van der Waals surface area contributed by atoms with Crippen LogP contribution in [-0.4, -0.2) is 9.04 Å². The molecule has 0 spiro atoms. The van der Waals surface area contributed by atoms with Crippen molar-refractivity contribution >= 4 is 25.2 Å². The van der Waals surface area contributed by atoms with E-state index in [1.54, 1.807) is 0 Å². The number of halogens is 3. The highest BCUT2D eigenvalue weighted by Gasteiger charge is 2.30. The van der Waals surface area contributed by atoms with E-state index in [4.69, 9.17) is 4.43 Å². The zero-order chi connectivity index (χ0) is 18.6. The lowest BCUT2D eigenvalue weighted by Gasteiger charge is -2.20. The van der Waals surface area contributed by atoms with Crippen LogP contribution >= 0.6 is 0 Å². The van der Waals surface area contributed by atoms with Crippen molar-refractivity contribution in [1.29, 1.82) is 0 Å². The third-order valence-corrected chi connectivity index (χ3v) is 6.50. The molecule has 0 aliphatic carbocycles. The van der Waals surface area contributed by atoms with Gasteiger partial charge in [0, 0.05) is 5.56 Å². The first-order valence-electron chi connectivity index (χ1n) is 8.08. The lowest BCUT2D eigenvalue weighted by Crippen LogP contribution is -2.44. The Morgan fingerprint density at radius 3 is 1.62 bits per heavy atom. The molecule has 0 unspecified atom stereocenters. The Balaban J connectivity index is 1.86. The van der Waals surface area contributed by atoms with Crippen molar-refractivity contribution in [2.45, 2.75) is 6.18 Å². The maximum atomic E-state index is 12.7. The van der Waals surface area contributed by atoms with Gasteiger partial charge < -0.3 is 4.43 Å². The molecule has 0 fully saturated rings. The average molecular weight is 370 g/mol. The van der Waals surface area contributed by atoms with Crippen molar-refractivity contribution in [3.63, 3.8) is 0 Å². The molecule has 3 aromatic rings. The zero-order valence-corrected chi connectivity index (χ0v) is 15.1. The summed E-state index contributed by atoms with van der Waals surface area (Å²) in [7, 11) is -2.05. The number of benzene rings is 3. The maximum absolute atomic E-state index is 12.7. The Labute approximate surface area is 152 Å². The van der Waals surface area contributed by atoms with Gasteiger partial charge in [-0.25, -0.2) is 0 Å². The fourth-order valence-corrected chi connectivity index (χ4v) is 4.86. The number of rotatable bonds is 5. The molecule has 0 amide bonds. The predicted molar refractivity (Wildman–Crippen MR) is 101 cm³/mol. The SMILES string of the molecule is C=C(O[SiH](c1ccccc1)c1ccccc1)c1ccc(C(F)(F)F)cc1. The molecule has 26 heavy (non-hydrogen) atoms. The molecule has 0 heterocycles. The maximum Gasteiger partial charge on any atom is 0.416 e. The Hall–Kier alpha value is -2.79. The molecule has 0 saturated heterocycles. The molecule has 0 atom stereocenters. The minimum absolute atomic E-state index is 0.378. The Morgan fingerprint density at radius 1 is 0.731 bits per heavy atom. The highest BCUT2D eigenvalue weighted by atomic mass is 28.3. The Morgan fingerprint density at radius 2 is 1.19 bits per heavy atom. The summed E-state index contributed by atoms with van der Waals surface area (Å²) in [5.41, 5.74) is -0.142. The standard InChI is InChI=1S/C21H17F3OSi/c1-16(17-12-14-18(15-13-17)21(22,23)24)25-26(19-8-4-2-5-9-19)20-10-6-3-7-11-20/h2-15,26H,1H2. The van der Waals surface area contributed by atoms with Crippen LogP contribution in [-0.2, 0) is 10.6 Å². The topological polar surface area (TPSA) is 9.23 Å². The van der Waals surface area contributed by atoms with E-state index in [1.807, 2.05) is 60.7 Å². The number of hydrogen-bond acceptors (Lipinski definition) is 1. The second-order valence-electron chi connectivity index (χ2n) is 5.82. The van der Waals surface area contributed by atoms with Crippen molar-refractivity contribution < 1.29 is 17.6 Å². The predicted octanol–water partition coefficient (Wildman–Crippen LogP) is 4.23. The molecule has 0 radical (unpaired) electrons. The van der Waals surface area contributed by atoms with Crippen molar-refractivity contribution in [3.05, 3.63) is 103 Å². The molecule has 0 aliphatic heterocycles. The van der Waals surface area contributed by atoms with E-state index in [-0.39, 0.29) is 0 Å². The van der Waals surface area contributed by atoms with Crippen LogP contribution in [0.3, 0.4) is 0 Å². The van der Waals surface area contributed by atoms with E-state index in [0.717, 1.165) is 22.5 Å². The minimum atomic E-state index is -4.36. The third kappa shape index (κ3) is 4.24. The summed E-state index contributed by atoms with van der Waals surface area (Å²) in [6.07, 6.45) is -4.36. The minimum Gasteiger partial charge on any atom is -0.537 e. The zero-order valence-electron chi connectivity index (χ0n) is 13.9. The number of hydrogen-bond donors (Lipinski definition) is 0. The highest BCUT2D eigenvalue weighted by Crippen LogP contribution is 2.30. The summed E-state index contributed by atoms with van der Waals surface area (Å²) in [5.74, 6) is 0.378. The van der Waals surface area contributed by atoms with Crippen LogP contribution in [0.25, 0.3) is 5.76 Å². The van der Waals surface area contributed by atoms with Crippen LogP contribution in [0.1, 0.15) is 11.1 Å². The molecule has 5 heteroatoms. The number of alkyl halides is 3. The van der Waals surface area contributed by atoms with Gasteiger partial charge in [-0.2, -0.15) is 13.2 Å². The summed E-state index contributed by atoms with van der Waals surface area (Å²) < 4.78 is 44.4. The summed E-state index contributed by atoms with van der Waals surface area (Å²) in [6.45, 7) is 3.94. The summed E-state index contributed by atoms with van der Waals surface area (Å²) >= 11 is 0. The van der Waals surface area contributed by atoms with Crippen molar-refractivity contribution in [3.8, 4) is 0 Å². The van der Waals surface area contributed by atoms with Crippen LogP contribution in [0.2, 0.25) is 0 Å². The van der Waals surface area contributed by atoms with Gasteiger partial charge in [-0.15, -0.1) is 0 Å². The molecular weight excluding hydrogens is 353 g/mol. The van der Waals surface area contributed by atoms with Gasteiger partial charge >= 0.3 is 6.18 Å². The molecule has 3 aromatic carbocycles. The normalized spacial score (nSPS) is 11.4. The van der Waals surface area contributed by atoms with Crippen LogP contribution in [0, 0.1) is 0 Å². The first kappa shape index (κ1) is 18.0. The van der Waals surface area contributed by atoms with E-state index in [9.17, 15) is 13.2 Å². The summed E-state index contributed by atoms with van der Waals surface area (Å²) in [5, 5.41) is 2.15. The first-order chi connectivity index (χ1) is 12.4. The van der Waals surface area contributed by atoms with Crippen LogP contribution < -0.4 is 10.4 Å². The van der Waals surface area contributed by atoms with Crippen LogP contribution in [0.5, 0.6) is 0 Å². The van der Waals surface area contributed by atoms with Gasteiger partial charge in [0.25, 0.3) is 9.04 Å². The third-order valence-electron chi connectivity index (χ3n) is 4.00. The van der Waals surface area contributed by atoms with Crippen molar-refractivity contribution in [1.82, 2.24) is 0 Å². The summed E-state index contributed by atoms with van der Waals surface area (Å²) in [4.78, 5) is 0. The molecular formula is C21H17F3OSi. The van der Waals surface area contributed by atoms with E-state index in [0.29, 0.717) is 11.3 Å². The molecule has 3 rings (SSSR count). The van der Waals surface area contributed by atoms with E-state index < -0.39 is 20.8 Å². The molecule has 132 valence electrons. The molecule has 0 bridgehead atoms. The van der Waals surface area contributed by atoms with Gasteiger partial charge in [-0.1, -0.05) is 79.4 Å². The fourth-order valence-electron chi connectivity index (χ4n) is 2.64. The second kappa shape index (κ2) is 7.62. The molecule has 0 aliphatic rings.